The molecule has 44 heavy (non-hydrogen) atoms. The average Bonchev–Trinajstić information content (AvgIpc) is 3.55. The third-order valence-electron chi connectivity index (χ3n) is 8.29. The van der Waals surface area contributed by atoms with Crippen LogP contribution in [0.2, 0.25) is 0 Å². The van der Waals surface area contributed by atoms with Crippen molar-refractivity contribution in [2.24, 2.45) is 11.8 Å². The zero-order valence-corrected chi connectivity index (χ0v) is 28.0. The highest BCUT2D eigenvalue weighted by atomic mass is 32.3. The van der Waals surface area contributed by atoms with E-state index in [1.165, 1.54) is 6.26 Å². The fraction of sp³-hybridized carbons (Fsp3) is 0.594. The number of carbonyl (C=O) groups is 2. The molecule has 4 rings (SSSR count). The Morgan fingerprint density at radius 2 is 1.86 bits per heavy atom. The van der Waals surface area contributed by atoms with Crippen molar-refractivity contribution < 1.29 is 23.2 Å². The summed E-state index contributed by atoms with van der Waals surface area (Å²) >= 11 is 0. The molecule has 0 bridgehead atoms. The first-order chi connectivity index (χ1) is 20.7. The van der Waals surface area contributed by atoms with Crippen molar-refractivity contribution in [3.8, 4) is 11.1 Å². The first kappa shape index (κ1) is 33.6. The summed E-state index contributed by atoms with van der Waals surface area (Å²) in [6.07, 6.45) is 11.6. The molecule has 242 valence electrons. The fourth-order valence-electron chi connectivity index (χ4n) is 5.63. The molecule has 0 radical (unpaired) electrons. The van der Waals surface area contributed by atoms with Crippen LogP contribution in [-0.4, -0.2) is 68.9 Å². The molecule has 12 heteroatoms. The molecule has 3 heterocycles. The van der Waals surface area contributed by atoms with E-state index in [1.807, 2.05) is 27.7 Å². The van der Waals surface area contributed by atoms with E-state index in [-0.39, 0.29) is 24.4 Å². The molecule has 0 spiro atoms. The molecule has 3 aromatic heterocycles. The van der Waals surface area contributed by atoms with Crippen molar-refractivity contribution in [2.75, 3.05) is 36.4 Å². The number of hydrogen-bond donors (Lipinski definition) is 2. The number of pyridine rings is 1. The second-order valence-electron chi connectivity index (χ2n) is 13.1. The molecule has 0 aromatic carbocycles. The van der Waals surface area contributed by atoms with Gasteiger partial charge in [-0.2, -0.15) is 9.49 Å². The summed E-state index contributed by atoms with van der Waals surface area (Å²) in [6, 6.07) is 2.36. The number of anilines is 1. The van der Waals surface area contributed by atoms with Crippen LogP contribution >= 0.6 is 10.0 Å². The number of rotatable bonds is 12. The van der Waals surface area contributed by atoms with Gasteiger partial charge in [0, 0.05) is 22.6 Å². The summed E-state index contributed by atoms with van der Waals surface area (Å²) in [4.78, 5) is 31.0. The Labute approximate surface area is 261 Å². The summed E-state index contributed by atoms with van der Waals surface area (Å²) in [5, 5.41) is 14.2. The van der Waals surface area contributed by atoms with E-state index in [9.17, 15) is 9.59 Å². The number of aryl methyl sites for hydroxylation is 1. The van der Waals surface area contributed by atoms with Crippen LogP contribution in [0.25, 0.3) is 11.1 Å². The molecule has 3 aromatic rings. The van der Waals surface area contributed by atoms with Crippen LogP contribution in [0.4, 0.5) is 10.2 Å². The van der Waals surface area contributed by atoms with Gasteiger partial charge in [0.05, 0.1) is 18.0 Å². The quantitative estimate of drug-likeness (QED) is 0.185. The largest absolute Gasteiger partial charge is 0.364 e. The van der Waals surface area contributed by atoms with Crippen molar-refractivity contribution in [1.29, 1.82) is 0 Å². The van der Waals surface area contributed by atoms with Gasteiger partial charge in [0.1, 0.15) is 30.4 Å². The standard InChI is InChI=1S/C32H47FN6O4S/c1-19(2)28-25(17-43-38-28)31(40)36-29(23-11-9-20(3)10-12-23)32(41)35-26-14-13-24(30(33)34-26)27-21(4)37-39(22(27)5)18-42-15-16-44(6,7)8/h13-14,17,19-20,23,29H,9-12,15-16,18H2,1-8H3,(H,36,40)(H,34,35,41)/t20-,23-,29-/m0/s1. The second kappa shape index (κ2) is 14.2. The van der Waals surface area contributed by atoms with Crippen LogP contribution in [0, 0.1) is 31.6 Å². The lowest BCUT2D eigenvalue weighted by Gasteiger charge is -2.32. The Hall–Kier alpha value is -3.25. The van der Waals surface area contributed by atoms with Crippen LogP contribution in [0.5, 0.6) is 0 Å². The Morgan fingerprint density at radius 1 is 1.16 bits per heavy atom. The van der Waals surface area contributed by atoms with Crippen LogP contribution in [0.3, 0.4) is 0 Å². The number of hydrogen-bond acceptors (Lipinski definition) is 7. The molecular formula is C32H47FN6O4S. The van der Waals surface area contributed by atoms with E-state index in [1.54, 1.807) is 16.8 Å². The highest BCUT2D eigenvalue weighted by Gasteiger charge is 2.34. The topological polar surface area (TPSA) is 124 Å². The first-order valence-corrected chi connectivity index (χ1v) is 18.3. The minimum absolute atomic E-state index is 0.0238. The molecule has 1 fully saturated rings. The lowest BCUT2D eigenvalue weighted by Crippen LogP contribution is -2.49. The summed E-state index contributed by atoms with van der Waals surface area (Å²) < 4.78 is 28.1. The number of carbonyl (C=O) groups excluding carboxylic acids is 2. The number of nitrogens with one attached hydrogen (secondary N) is 2. The van der Waals surface area contributed by atoms with E-state index in [0.29, 0.717) is 40.6 Å². The second-order valence-corrected chi connectivity index (χ2v) is 17.7. The number of amides is 2. The maximum atomic E-state index is 15.5. The highest BCUT2D eigenvalue weighted by molar-refractivity contribution is 8.32. The molecule has 1 aliphatic carbocycles. The minimum Gasteiger partial charge on any atom is -0.364 e. The van der Waals surface area contributed by atoms with E-state index in [2.05, 4.69) is 51.6 Å². The van der Waals surface area contributed by atoms with Crippen LogP contribution in [0.15, 0.2) is 22.9 Å². The summed E-state index contributed by atoms with van der Waals surface area (Å²) in [5.74, 6) is -0.0353. The normalized spacial score (nSPS) is 18.3. The predicted molar refractivity (Wildman–Crippen MR) is 173 cm³/mol. The van der Waals surface area contributed by atoms with Gasteiger partial charge in [0.2, 0.25) is 11.9 Å². The lowest BCUT2D eigenvalue weighted by molar-refractivity contribution is -0.119. The molecule has 0 unspecified atom stereocenters. The van der Waals surface area contributed by atoms with Crippen molar-refractivity contribution in [2.45, 2.75) is 79.0 Å². The van der Waals surface area contributed by atoms with Gasteiger partial charge in [-0.3, -0.25) is 9.59 Å². The van der Waals surface area contributed by atoms with Gasteiger partial charge >= 0.3 is 0 Å². The fourth-order valence-corrected chi connectivity index (χ4v) is 6.25. The third kappa shape index (κ3) is 8.26. The van der Waals surface area contributed by atoms with Crippen LogP contribution in [0.1, 0.15) is 79.8 Å². The number of aromatic nitrogens is 4. The van der Waals surface area contributed by atoms with E-state index >= 15 is 4.39 Å². The minimum atomic E-state index is -0.822. The smallest absolute Gasteiger partial charge is 0.257 e. The molecule has 1 saturated carbocycles. The van der Waals surface area contributed by atoms with Gasteiger partial charge in [-0.1, -0.05) is 38.8 Å². The van der Waals surface area contributed by atoms with Crippen LogP contribution in [-0.2, 0) is 16.3 Å². The molecule has 0 aliphatic heterocycles. The molecule has 2 N–H and O–H groups in total. The van der Waals surface area contributed by atoms with Gasteiger partial charge in [-0.15, -0.1) is 0 Å². The average molecular weight is 631 g/mol. The van der Waals surface area contributed by atoms with Crippen LogP contribution < -0.4 is 10.6 Å². The Kier molecular flexibility index (Phi) is 10.9. The molecular weight excluding hydrogens is 583 g/mol. The van der Waals surface area contributed by atoms with Crippen molar-refractivity contribution >= 4 is 27.7 Å². The third-order valence-corrected chi connectivity index (χ3v) is 9.69. The van der Waals surface area contributed by atoms with Gasteiger partial charge in [-0.25, -0.2) is 19.7 Å². The van der Waals surface area contributed by atoms with E-state index < -0.39 is 33.8 Å². The lowest BCUT2D eigenvalue weighted by atomic mass is 9.79. The summed E-state index contributed by atoms with van der Waals surface area (Å²) in [5.41, 5.74) is 3.21. The Morgan fingerprint density at radius 3 is 2.50 bits per heavy atom. The molecule has 0 saturated heterocycles. The molecule has 10 nitrogen and oxygen atoms in total. The Bertz CT molecular complexity index is 1460. The zero-order valence-electron chi connectivity index (χ0n) is 27.2. The monoisotopic (exact) mass is 630 g/mol. The summed E-state index contributed by atoms with van der Waals surface area (Å²) in [7, 11) is -0.658. The van der Waals surface area contributed by atoms with E-state index in [0.717, 1.165) is 37.1 Å². The van der Waals surface area contributed by atoms with Crippen molar-refractivity contribution in [3.63, 3.8) is 0 Å². The first-order valence-electron chi connectivity index (χ1n) is 15.3. The molecule has 1 atom stereocenters. The van der Waals surface area contributed by atoms with E-state index in [4.69, 9.17) is 9.26 Å². The maximum Gasteiger partial charge on any atom is 0.257 e. The maximum absolute atomic E-state index is 15.5. The number of nitrogens with zero attached hydrogens (tertiary/aromatic N) is 4. The highest BCUT2D eigenvalue weighted by Crippen LogP contribution is 2.34. The summed E-state index contributed by atoms with van der Waals surface area (Å²) in [6.45, 7) is 10.7. The number of ether oxygens (including phenoxy) is 1. The van der Waals surface area contributed by atoms with Gasteiger partial charge < -0.3 is 19.9 Å². The van der Waals surface area contributed by atoms with Crippen molar-refractivity contribution in [1.82, 2.24) is 25.2 Å². The Balaban J connectivity index is 1.50. The van der Waals surface area contributed by atoms with Crippen molar-refractivity contribution in [3.05, 3.63) is 47.0 Å². The molecule has 1 aliphatic rings. The number of halogens is 1. The van der Waals surface area contributed by atoms with Gasteiger partial charge in [0.15, 0.2) is 0 Å². The zero-order chi connectivity index (χ0) is 32.2. The SMILES string of the molecule is Cc1nn(COCCS(C)(C)C)c(C)c1-c1ccc(NC(=O)[C@@H](NC(=O)c2conc2C(C)C)[C@H]2CC[C@H](C)CC2)nc1F. The van der Waals surface area contributed by atoms with Gasteiger partial charge in [-0.05, 0) is 75.3 Å². The predicted octanol–water partition coefficient (Wildman–Crippen LogP) is 6.04. The van der Waals surface area contributed by atoms with Gasteiger partial charge in [0.25, 0.3) is 5.91 Å². The molecule has 2 amide bonds.